The maximum Gasteiger partial charge on any atom is 0.250 e. The van der Waals surface area contributed by atoms with Gasteiger partial charge in [-0.3, -0.25) is 4.79 Å². The molecule has 2 rings (SSSR count). The van der Waals surface area contributed by atoms with E-state index in [4.69, 9.17) is 16.3 Å². The van der Waals surface area contributed by atoms with Crippen molar-refractivity contribution < 1.29 is 4.74 Å². The Hall–Kier alpha value is -1.78. The number of hydrogen-bond donors (Lipinski definition) is 1. The molecule has 0 aliphatic rings. The molecule has 1 aromatic carbocycles. The Labute approximate surface area is 129 Å². The zero-order valence-corrected chi connectivity index (χ0v) is 12.8. The van der Waals surface area contributed by atoms with Crippen LogP contribution >= 0.6 is 11.6 Å². The number of nitrogens with one attached hydrogen (secondary N) is 1. The number of pyridine rings is 1. The normalized spacial score (nSPS) is 10.6. The molecule has 1 aromatic heterocycles. The van der Waals surface area contributed by atoms with E-state index in [9.17, 15) is 4.79 Å². The second-order valence-electron chi connectivity index (χ2n) is 4.61. The van der Waals surface area contributed by atoms with E-state index in [1.807, 2.05) is 25.1 Å². The van der Waals surface area contributed by atoms with E-state index in [1.54, 1.807) is 29.0 Å². The highest BCUT2D eigenvalue weighted by Gasteiger charge is 2.05. The molecule has 0 aliphatic carbocycles. The predicted octanol–water partition coefficient (Wildman–Crippen LogP) is 2.69. The summed E-state index contributed by atoms with van der Waals surface area (Å²) in [6.07, 6.45) is 1.76. The van der Waals surface area contributed by atoms with Crippen LogP contribution in [0.15, 0.2) is 47.4 Å². The van der Waals surface area contributed by atoms with Crippen molar-refractivity contribution in [3.8, 4) is 5.75 Å². The van der Waals surface area contributed by atoms with Gasteiger partial charge in [-0.15, -0.1) is 0 Å². The average molecular weight is 307 g/mol. The van der Waals surface area contributed by atoms with Gasteiger partial charge in [0.05, 0.1) is 6.54 Å². The maximum absolute atomic E-state index is 11.6. The zero-order chi connectivity index (χ0) is 15.1. The van der Waals surface area contributed by atoms with Crippen molar-refractivity contribution in [2.24, 2.45) is 0 Å². The number of ether oxygens (including phenoxy) is 1. The van der Waals surface area contributed by atoms with Crippen LogP contribution < -0.4 is 15.6 Å². The van der Waals surface area contributed by atoms with Gasteiger partial charge < -0.3 is 14.6 Å². The van der Waals surface area contributed by atoms with E-state index >= 15 is 0 Å². The molecule has 4 nitrogen and oxygen atoms in total. The van der Waals surface area contributed by atoms with Crippen LogP contribution in [-0.4, -0.2) is 17.7 Å². The summed E-state index contributed by atoms with van der Waals surface area (Å²) in [5, 5.41) is 3.94. The van der Waals surface area contributed by atoms with Crippen molar-refractivity contribution in [1.82, 2.24) is 9.88 Å². The largest absolute Gasteiger partial charge is 0.491 e. The minimum atomic E-state index is -0.0231. The molecule has 0 spiro atoms. The topological polar surface area (TPSA) is 43.3 Å². The lowest BCUT2D eigenvalue weighted by molar-refractivity contribution is 0.293. The van der Waals surface area contributed by atoms with Crippen LogP contribution in [0.5, 0.6) is 5.75 Å². The van der Waals surface area contributed by atoms with Crippen LogP contribution in [-0.2, 0) is 13.1 Å². The average Bonchev–Trinajstić information content (AvgIpc) is 2.49. The molecule has 112 valence electrons. The molecule has 0 saturated heterocycles. The van der Waals surface area contributed by atoms with Gasteiger partial charge in [0.15, 0.2) is 0 Å². The summed E-state index contributed by atoms with van der Waals surface area (Å²) in [5.74, 6) is 0.796. The van der Waals surface area contributed by atoms with Gasteiger partial charge in [-0.1, -0.05) is 24.6 Å². The van der Waals surface area contributed by atoms with Gasteiger partial charge in [0.1, 0.15) is 12.4 Å². The monoisotopic (exact) mass is 306 g/mol. The van der Waals surface area contributed by atoms with E-state index in [-0.39, 0.29) is 5.56 Å². The maximum atomic E-state index is 11.6. The van der Waals surface area contributed by atoms with Crippen molar-refractivity contribution in [3.63, 3.8) is 0 Å². The smallest absolute Gasteiger partial charge is 0.250 e. The fourth-order valence-electron chi connectivity index (χ4n) is 1.99. The molecule has 2 aromatic rings. The van der Waals surface area contributed by atoms with Crippen molar-refractivity contribution in [2.45, 2.75) is 20.0 Å². The van der Waals surface area contributed by atoms with Crippen molar-refractivity contribution >= 4 is 11.6 Å². The third kappa shape index (κ3) is 4.62. The molecular formula is C16H19ClN2O2. The van der Waals surface area contributed by atoms with Gasteiger partial charge in [-0.2, -0.15) is 0 Å². The minimum Gasteiger partial charge on any atom is -0.491 e. The SMILES string of the molecule is CCNCc1cc(Cl)ccc1OCCn1ccccc1=O. The molecule has 0 atom stereocenters. The minimum absolute atomic E-state index is 0.0231. The Balaban J connectivity index is 1.99. The number of hydrogen-bond acceptors (Lipinski definition) is 3. The van der Waals surface area contributed by atoms with Crippen LogP contribution in [0.25, 0.3) is 0 Å². The third-order valence-electron chi connectivity index (χ3n) is 3.08. The quantitative estimate of drug-likeness (QED) is 0.855. The molecule has 0 aliphatic heterocycles. The van der Waals surface area contributed by atoms with Gasteiger partial charge >= 0.3 is 0 Å². The predicted molar refractivity (Wildman–Crippen MR) is 85.0 cm³/mol. The van der Waals surface area contributed by atoms with Crippen LogP contribution in [0.3, 0.4) is 0 Å². The van der Waals surface area contributed by atoms with Gasteiger partial charge in [0, 0.05) is 29.4 Å². The van der Waals surface area contributed by atoms with Crippen LogP contribution in [0, 0.1) is 0 Å². The highest BCUT2D eigenvalue weighted by Crippen LogP contribution is 2.22. The van der Waals surface area contributed by atoms with Gasteiger partial charge in [0.25, 0.3) is 5.56 Å². The second-order valence-corrected chi connectivity index (χ2v) is 5.05. The molecule has 0 saturated carbocycles. The Bertz CT molecular complexity index is 640. The van der Waals surface area contributed by atoms with E-state index in [1.165, 1.54) is 0 Å². The van der Waals surface area contributed by atoms with Crippen molar-refractivity contribution in [3.05, 3.63) is 63.5 Å². The molecular weight excluding hydrogens is 288 g/mol. The zero-order valence-electron chi connectivity index (χ0n) is 12.0. The van der Waals surface area contributed by atoms with Gasteiger partial charge in [-0.05, 0) is 30.8 Å². The fourth-order valence-corrected chi connectivity index (χ4v) is 2.18. The Kier molecular flexibility index (Phi) is 5.84. The summed E-state index contributed by atoms with van der Waals surface area (Å²) < 4.78 is 7.41. The number of nitrogens with zero attached hydrogens (tertiary/aromatic N) is 1. The highest BCUT2D eigenvalue weighted by atomic mass is 35.5. The van der Waals surface area contributed by atoms with Gasteiger partial charge in [-0.25, -0.2) is 0 Å². The van der Waals surface area contributed by atoms with E-state index in [0.29, 0.717) is 24.7 Å². The second kappa shape index (κ2) is 7.86. The lowest BCUT2D eigenvalue weighted by atomic mass is 10.2. The molecule has 21 heavy (non-hydrogen) atoms. The summed E-state index contributed by atoms with van der Waals surface area (Å²) in [6, 6.07) is 10.7. The lowest BCUT2D eigenvalue weighted by Gasteiger charge is -2.13. The van der Waals surface area contributed by atoms with Crippen molar-refractivity contribution in [2.75, 3.05) is 13.2 Å². The van der Waals surface area contributed by atoms with E-state index in [0.717, 1.165) is 17.9 Å². The molecule has 0 unspecified atom stereocenters. The lowest BCUT2D eigenvalue weighted by Crippen LogP contribution is -2.21. The highest BCUT2D eigenvalue weighted by molar-refractivity contribution is 6.30. The van der Waals surface area contributed by atoms with E-state index < -0.39 is 0 Å². The Morgan fingerprint density at radius 2 is 2.14 bits per heavy atom. The number of halogens is 1. The Morgan fingerprint density at radius 3 is 2.90 bits per heavy atom. The van der Waals surface area contributed by atoms with Crippen molar-refractivity contribution in [1.29, 1.82) is 0 Å². The summed E-state index contributed by atoms with van der Waals surface area (Å²) in [7, 11) is 0. The molecule has 5 heteroatoms. The molecule has 1 heterocycles. The first-order chi connectivity index (χ1) is 10.2. The first-order valence-corrected chi connectivity index (χ1v) is 7.36. The molecule has 0 fully saturated rings. The van der Waals surface area contributed by atoms with Gasteiger partial charge in [0.2, 0.25) is 0 Å². The number of rotatable bonds is 7. The fraction of sp³-hybridized carbons (Fsp3) is 0.312. The summed E-state index contributed by atoms with van der Waals surface area (Å²) in [4.78, 5) is 11.6. The third-order valence-corrected chi connectivity index (χ3v) is 3.31. The van der Waals surface area contributed by atoms with Crippen LogP contribution in [0.1, 0.15) is 12.5 Å². The summed E-state index contributed by atoms with van der Waals surface area (Å²) in [5.41, 5.74) is 0.995. The molecule has 0 radical (unpaired) electrons. The van der Waals surface area contributed by atoms with Crippen LogP contribution in [0.4, 0.5) is 0 Å². The number of benzene rings is 1. The van der Waals surface area contributed by atoms with Crippen LogP contribution in [0.2, 0.25) is 5.02 Å². The standard InChI is InChI=1S/C16H19ClN2O2/c1-2-18-12-13-11-14(17)6-7-15(13)21-10-9-19-8-4-3-5-16(19)20/h3-8,11,18H,2,9-10,12H2,1H3. The first kappa shape index (κ1) is 15.6. The first-order valence-electron chi connectivity index (χ1n) is 6.98. The number of aromatic nitrogens is 1. The Morgan fingerprint density at radius 1 is 1.29 bits per heavy atom. The summed E-state index contributed by atoms with van der Waals surface area (Å²) >= 11 is 6.02. The molecule has 0 amide bonds. The molecule has 1 N–H and O–H groups in total. The summed E-state index contributed by atoms with van der Waals surface area (Å²) in [6.45, 7) is 4.59. The van der Waals surface area contributed by atoms with E-state index in [2.05, 4.69) is 5.32 Å². The molecule has 0 bridgehead atoms.